The topological polar surface area (TPSA) is 49.4 Å². The minimum Gasteiger partial charge on any atom is -0.289 e. The van der Waals surface area contributed by atoms with Crippen molar-refractivity contribution in [2.24, 2.45) is 5.41 Å². The van der Waals surface area contributed by atoms with Gasteiger partial charge in [-0.2, -0.15) is 5.01 Å². The summed E-state index contributed by atoms with van der Waals surface area (Å²) in [6.07, 6.45) is 0.229. The molecule has 90 valence electrons. The van der Waals surface area contributed by atoms with Crippen LogP contribution >= 0.6 is 11.6 Å². The Labute approximate surface area is 105 Å². The smallest absolute Gasteiger partial charge is 0.254 e. The number of imide groups is 1. The molecule has 1 heterocycles. The molecular formula is C12H13ClN2O2. The van der Waals surface area contributed by atoms with Gasteiger partial charge in [-0.1, -0.05) is 25.4 Å². The van der Waals surface area contributed by atoms with Crippen LogP contribution in [0.2, 0.25) is 5.02 Å². The molecular weight excluding hydrogens is 240 g/mol. The quantitative estimate of drug-likeness (QED) is 0.823. The minimum absolute atomic E-state index is 0.211. The average molecular weight is 253 g/mol. The minimum atomic E-state index is -0.628. The van der Waals surface area contributed by atoms with Crippen molar-refractivity contribution in [3.05, 3.63) is 29.3 Å². The van der Waals surface area contributed by atoms with Crippen molar-refractivity contribution >= 4 is 29.1 Å². The number of nitrogens with zero attached hydrogens (tertiary/aromatic N) is 1. The van der Waals surface area contributed by atoms with Crippen LogP contribution in [0, 0.1) is 5.41 Å². The second-order valence-electron chi connectivity index (χ2n) is 4.71. The SMILES string of the molecule is CC1(C)CC(=O)N(Nc2ccc(Cl)cc2)C1=O. The van der Waals surface area contributed by atoms with Gasteiger partial charge in [0.25, 0.3) is 5.91 Å². The fourth-order valence-corrected chi connectivity index (χ4v) is 1.84. The summed E-state index contributed by atoms with van der Waals surface area (Å²) < 4.78 is 0. The molecule has 0 atom stereocenters. The maximum absolute atomic E-state index is 11.9. The first-order valence-electron chi connectivity index (χ1n) is 5.30. The number of nitrogens with one attached hydrogen (secondary N) is 1. The molecule has 1 aromatic carbocycles. The van der Waals surface area contributed by atoms with Crippen molar-refractivity contribution < 1.29 is 9.59 Å². The van der Waals surface area contributed by atoms with Gasteiger partial charge in [0.2, 0.25) is 5.91 Å². The molecule has 1 aliphatic heterocycles. The Morgan fingerprint density at radius 2 is 1.82 bits per heavy atom. The van der Waals surface area contributed by atoms with Crippen LogP contribution in [-0.4, -0.2) is 16.8 Å². The zero-order valence-electron chi connectivity index (χ0n) is 9.66. The van der Waals surface area contributed by atoms with Crippen LogP contribution in [0.3, 0.4) is 0 Å². The molecule has 0 saturated carbocycles. The van der Waals surface area contributed by atoms with Gasteiger partial charge < -0.3 is 0 Å². The summed E-state index contributed by atoms with van der Waals surface area (Å²) >= 11 is 5.76. The van der Waals surface area contributed by atoms with E-state index in [2.05, 4.69) is 5.43 Å². The van der Waals surface area contributed by atoms with Gasteiger partial charge in [-0.3, -0.25) is 15.0 Å². The molecule has 0 radical (unpaired) electrons. The van der Waals surface area contributed by atoms with Crippen molar-refractivity contribution in [2.75, 3.05) is 5.43 Å². The van der Waals surface area contributed by atoms with Crippen molar-refractivity contribution in [3.63, 3.8) is 0 Å². The van der Waals surface area contributed by atoms with Gasteiger partial charge in [0.05, 0.1) is 11.1 Å². The Bertz CT molecular complexity index is 468. The Balaban J connectivity index is 2.17. The van der Waals surface area contributed by atoms with Crippen LogP contribution < -0.4 is 5.43 Å². The van der Waals surface area contributed by atoms with E-state index in [1.165, 1.54) is 0 Å². The summed E-state index contributed by atoms with van der Waals surface area (Å²) in [5, 5.41) is 1.68. The number of halogens is 1. The van der Waals surface area contributed by atoms with E-state index in [1.54, 1.807) is 38.1 Å². The van der Waals surface area contributed by atoms with E-state index in [0.29, 0.717) is 10.7 Å². The van der Waals surface area contributed by atoms with E-state index in [0.717, 1.165) is 5.01 Å². The number of rotatable bonds is 2. The molecule has 1 saturated heterocycles. The van der Waals surface area contributed by atoms with Gasteiger partial charge in [-0.05, 0) is 24.3 Å². The summed E-state index contributed by atoms with van der Waals surface area (Å²) in [6.45, 7) is 3.52. The van der Waals surface area contributed by atoms with Crippen molar-refractivity contribution in [1.82, 2.24) is 5.01 Å². The van der Waals surface area contributed by atoms with E-state index in [1.807, 2.05) is 0 Å². The number of benzene rings is 1. The fraction of sp³-hybridized carbons (Fsp3) is 0.333. The molecule has 5 heteroatoms. The van der Waals surface area contributed by atoms with E-state index in [-0.39, 0.29) is 18.2 Å². The lowest BCUT2D eigenvalue weighted by atomic mass is 9.92. The Kier molecular flexibility index (Phi) is 2.83. The van der Waals surface area contributed by atoms with E-state index >= 15 is 0 Å². The lowest BCUT2D eigenvalue weighted by Crippen LogP contribution is -2.37. The second kappa shape index (κ2) is 4.04. The van der Waals surface area contributed by atoms with Gasteiger partial charge in [0, 0.05) is 11.4 Å². The third-order valence-electron chi connectivity index (χ3n) is 2.71. The summed E-state index contributed by atoms with van der Waals surface area (Å²) in [4.78, 5) is 23.6. The first-order valence-corrected chi connectivity index (χ1v) is 5.67. The van der Waals surface area contributed by atoms with Gasteiger partial charge in [-0.15, -0.1) is 0 Å². The molecule has 0 aromatic heterocycles. The molecule has 2 amide bonds. The van der Waals surface area contributed by atoms with Gasteiger partial charge in [0.1, 0.15) is 0 Å². The summed E-state index contributed by atoms with van der Waals surface area (Å²) in [5.74, 6) is -0.424. The fourth-order valence-electron chi connectivity index (χ4n) is 1.72. The largest absolute Gasteiger partial charge is 0.289 e. The number of amides is 2. The molecule has 0 aliphatic carbocycles. The number of carbonyl (C=O) groups excluding carboxylic acids is 2. The molecule has 4 nitrogen and oxygen atoms in total. The molecule has 2 rings (SSSR count). The Morgan fingerprint density at radius 1 is 1.24 bits per heavy atom. The first-order chi connectivity index (χ1) is 7.90. The number of hydrogen-bond acceptors (Lipinski definition) is 3. The summed E-state index contributed by atoms with van der Waals surface area (Å²) in [5.41, 5.74) is 2.83. The summed E-state index contributed by atoms with van der Waals surface area (Å²) in [7, 11) is 0. The van der Waals surface area contributed by atoms with Crippen LogP contribution in [0.1, 0.15) is 20.3 Å². The molecule has 1 N–H and O–H groups in total. The van der Waals surface area contributed by atoms with Crippen LogP contribution in [0.5, 0.6) is 0 Å². The third kappa shape index (κ3) is 2.26. The maximum atomic E-state index is 11.9. The number of hydrazine groups is 1. The molecule has 0 bridgehead atoms. The molecule has 17 heavy (non-hydrogen) atoms. The number of carbonyl (C=O) groups is 2. The standard InChI is InChI=1S/C12H13ClN2O2/c1-12(2)7-10(16)15(11(12)17)14-9-5-3-8(13)4-6-9/h3-6,14H,7H2,1-2H3. The zero-order chi connectivity index (χ0) is 12.6. The zero-order valence-corrected chi connectivity index (χ0v) is 10.4. The van der Waals surface area contributed by atoms with Crippen molar-refractivity contribution in [2.45, 2.75) is 20.3 Å². The van der Waals surface area contributed by atoms with E-state index in [9.17, 15) is 9.59 Å². The highest BCUT2D eigenvalue weighted by molar-refractivity contribution is 6.30. The van der Waals surface area contributed by atoms with Crippen LogP contribution in [0.25, 0.3) is 0 Å². The molecule has 0 unspecified atom stereocenters. The predicted molar refractivity (Wildman–Crippen MR) is 65.3 cm³/mol. The maximum Gasteiger partial charge on any atom is 0.254 e. The number of hydrogen-bond donors (Lipinski definition) is 1. The monoisotopic (exact) mass is 252 g/mol. The lowest BCUT2D eigenvalue weighted by Gasteiger charge is -2.19. The third-order valence-corrected chi connectivity index (χ3v) is 2.96. The normalized spacial score (nSPS) is 18.6. The van der Waals surface area contributed by atoms with Crippen LogP contribution in [-0.2, 0) is 9.59 Å². The van der Waals surface area contributed by atoms with Crippen molar-refractivity contribution in [1.29, 1.82) is 0 Å². The van der Waals surface area contributed by atoms with E-state index < -0.39 is 5.41 Å². The second-order valence-corrected chi connectivity index (χ2v) is 5.15. The highest BCUT2D eigenvalue weighted by atomic mass is 35.5. The molecule has 0 spiro atoms. The van der Waals surface area contributed by atoms with Gasteiger partial charge in [-0.25, -0.2) is 0 Å². The van der Waals surface area contributed by atoms with E-state index in [4.69, 9.17) is 11.6 Å². The van der Waals surface area contributed by atoms with Gasteiger partial charge in [0.15, 0.2) is 0 Å². The van der Waals surface area contributed by atoms with Crippen molar-refractivity contribution in [3.8, 4) is 0 Å². The molecule has 1 fully saturated rings. The number of anilines is 1. The van der Waals surface area contributed by atoms with Gasteiger partial charge >= 0.3 is 0 Å². The van der Waals surface area contributed by atoms with Crippen LogP contribution in [0.15, 0.2) is 24.3 Å². The Morgan fingerprint density at radius 3 is 2.29 bits per heavy atom. The molecule has 1 aliphatic rings. The average Bonchev–Trinajstić information content (AvgIpc) is 2.44. The highest BCUT2D eigenvalue weighted by Crippen LogP contribution is 2.31. The summed E-state index contributed by atoms with van der Waals surface area (Å²) in [6, 6.07) is 6.82. The van der Waals surface area contributed by atoms with Crippen LogP contribution in [0.4, 0.5) is 5.69 Å². The lowest BCUT2D eigenvalue weighted by molar-refractivity contribution is -0.139. The predicted octanol–water partition coefficient (Wildman–Crippen LogP) is 2.45. The molecule has 1 aromatic rings. The first kappa shape index (κ1) is 11.9. The highest BCUT2D eigenvalue weighted by Gasteiger charge is 2.45. The Hall–Kier alpha value is -1.55.